The molecule has 5 nitrogen and oxygen atoms in total. The third-order valence-corrected chi connectivity index (χ3v) is 4.79. The molecule has 0 fully saturated rings. The molecule has 0 amide bonds. The first-order chi connectivity index (χ1) is 9.37. The molecule has 1 heterocycles. The standard InChI is InChI=1S/C14H25N3O2S/c1-5-6-9-17(4)20(18,19)14-8-7-13(11-16-14)10-15-12(2)3/h7-8,11-12,15H,5-6,9-10H2,1-4H3. The summed E-state index contributed by atoms with van der Waals surface area (Å²) in [6.07, 6.45) is 3.44. The summed E-state index contributed by atoms with van der Waals surface area (Å²) in [7, 11) is -1.86. The first-order valence-corrected chi connectivity index (χ1v) is 8.46. The van der Waals surface area contributed by atoms with Crippen LogP contribution in [0.4, 0.5) is 0 Å². The van der Waals surface area contributed by atoms with Crippen LogP contribution in [-0.2, 0) is 16.6 Å². The van der Waals surface area contributed by atoms with Gasteiger partial charge in [-0.3, -0.25) is 0 Å². The molecule has 1 rings (SSSR count). The number of unbranched alkanes of at least 4 members (excludes halogenated alkanes) is 1. The van der Waals surface area contributed by atoms with E-state index < -0.39 is 10.0 Å². The Kier molecular flexibility index (Phi) is 6.58. The van der Waals surface area contributed by atoms with Crippen molar-refractivity contribution in [2.24, 2.45) is 0 Å². The Balaban J connectivity index is 2.76. The summed E-state index contributed by atoms with van der Waals surface area (Å²) in [5.41, 5.74) is 0.980. The Morgan fingerprint density at radius 2 is 2.05 bits per heavy atom. The summed E-state index contributed by atoms with van der Waals surface area (Å²) >= 11 is 0. The molecule has 0 saturated carbocycles. The number of hydrogen-bond acceptors (Lipinski definition) is 4. The lowest BCUT2D eigenvalue weighted by atomic mass is 10.2. The van der Waals surface area contributed by atoms with Gasteiger partial charge >= 0.3 is 0 Å². The maximum absolute atomic E-state index is 12.3. The van der Waals surface area contributed by atoms with Crippen molar-refractivity contribution in [1.82, 2.24) is 14.6 Å². The van der Waals surface area contributed by atoms with Gasteiger partial charge in [0.05, 0.1) is 0 Å². The fourth-order valence-electron chi connectivity index (χ4n) is 1.65. The molecule has 0 bridgehead atoms. The third-order valence-electron chi connectivity index (χ3n) is 3.01. The van der Waals surface area contributed by atoms with Gasteiger partial charge in [-0.25, -0.2) is 13.4 Å². The van der Waals surface area contributed by atoms with Crippen molar-refractivity contribution in [3.8, 4) is 0 Å². The highest BCUT2D eigenvalue weighted by atomic mass is 32.2. The van der Waals surface area contributed by atoms with Crippen LogP contribution in [0, 0.1) is 0 Å². The second-order valence-corrected chi connectivity index (χ2v) is 7.21. The van der Waals surface area contributed by atoms with Gasteiger partial charge in [0, 0.05) is 32.4 Å². The van der Waals surface area contributed by atoms with Crippen molar-refractivity contribution in [2.75, 3.05) is 13.6 Å². The zero-order chi connectivity index (χ0) is 15.2. The fourth-order valence-corrected chi connectivity index (χ4v) is 2.77. The molecule has 0 aromatic carbocycles. The normalized spacial score (nSPS) is 12.3. The van der Waals surface area contributed by atoms with Gasteiger partial charge in [0.25, 0.3) is 10.0 Å². The van der Waals surface area contributed by atoms with Crippen molar-refractivity contribution < 1.29 is 8.42 Å². The summed E-state index contributed by atoms with van der Waals surface area (Å²) in [6, 6.07) is 3.77. The molecule has 20 heavy (non-hydrogen) atoms. The Hall–Kier alpha value is -0.980. The van der Waals surface area contributed by atoms with Gasteiger partial charge < -0.3 is 5.32 Å². The lowest BCUT2D eigenvalue weighted by molar-refractivity contribution is 0.456. The molecule has 0 spiro atoms. The van der Waals surface area contributed by atoms with Crippen LogP contribution in [0.3, 0.4) is 0 Å². The van der Waals surface area contributed by atoms with Gasteiger partial charge in [0.2, 0.25) is 0 Å². The van der Waals surface area contributed by atoms with Crippen LogP contribution in [0.2, 0.25) is 0 Å². The van der Waals surface area contributed by atoms with Crippen LogP contribution in [0.1, 0.15) is 39.2 Å². The van der Waals surface area contributed by atoms with E-state index in [9.17, 15) is 8.42 Å². The van der Waals surface area contributed by atoms with E-state index in [2.05, 4.69) is 24.1 Å². The van der Waals surface area contributed by atoms with E-state index >= 15 is 0 Å². The van der Waals surface area contributed by atoms with Crippen LogP contribution in [0.15, 0.2) is 23.4 Å². The summed E-state index contributed by atoms with van der Waals surface area (Å²) in [6.45, 7) is 7.38. The predicted octanol–water partition coefficient (Wildman–Crippen LogP) is 2.00. The van der Waals surface area contributed by atoms with E-state index in [1.165, 1.54) is 4.31 Å². The highest BCUT2D eigenvalue weighted by Crippen LogP contribution is 2.12. The number of rotatable bonds is 8. The molecule has 1 aromatic heterocycles. The predicted molar refractivity (Wildman–Crippen MR) is 80.9 cm³/mol. The molecule has 1 aromatic rings. The van der Waals surface area contributed by atoms with Gasteiger partial charge in [-0.05, 0) is 18.1 Å². The van der Waals surface area contributed by atoms with E-state index in [1.807, 2.05) is 13.0 Å². The highest BCUT2D eigenvalue weighted by molar-refractivity contribution is 7.89. The zero-order valence-electron chi connectivity index (χ0n) is 12.8. The summed E-state index contributed by atoms with van der Waals surface area (Å²) < 4.78 is 25.9. The highest BCUT2D eigenvalue weighted by Gasteiger charge is 2.21. The minimum atomic E-state index is -3.46. The maximum atomic E-state index is 12.3. The second-order valence-electron chi connectivity index (χ2n) is 5.22. The maximum Gasteiger partial charge on any atom is 0.260 e. The molecule has 1 N–H and O–H groups in total. The molecular weight excluding hydrogens is 274 g/mol. The molecule has 0 radical (unpaired) electrons. The number of aromatic nitrogens is 1. The van der Waals surface area contributed by atoms with E-state index in [1.54, 1.807) is 19.3 Å². The van der Waals surface area contributed by atoms with Crippen LogP contribution < -0.4 is 5.32 Å². The van der Waals surface area contributed by atoms with Crippen molar-refractivity contribution in [3.63, 3.8) is 0 Å². The van der Waals surface area contributed by atoms with E-state index in [4.69, 9.17) is 0 Å². The fraction of sp³-hybridized carbons (Fsp3) is 0.643. The minimum Gasteiger partial charge on any atom is -0.310 e. The molecule has 0 saturated heterocycles. The number of nitrogens with zero attached hydrogens (tertiary/aromatic N) is 2. The largest absolute Gasteiger partial charge is 0.310 e. The number of pyridine rings is 1. The zero-order valence-corrected chi connectivity index (χ0v) is 13.6. The van der Waals surface area contributed by atoms with Crippen molar-refractivity contribution in [1.29, 1.82) is 0 Å². The number of nitrogens with one attached hydrogen (secondary N) is 1. The van der Waals surface area contributed by atoms with Gasteiger partial charge in [-0.15, -0.1) is 0 Å². The third kappa shape index (κ3) is 4.85. The topological polar surface area (TPSA) is 62.3 Å². The van der Waals surface area contributed by atoms with Crippen molar-refractivity contribution >= 4 is 10.0 Å². The van der Waals surface area contributed by atoms with Crippen molar-refractivity contribution in [2.45, 2.75) is 51.2 Å². The summed E-state index contributed by atoms with van der Waals surface area (Å²) in [5, 5.41) is 3.39. The van der Waals surface area contributed by atoms with Crippen LogP contribution in [0.25, 0.3) is 0 Å². The first kappa shape index (κ1) is 17.1. The monoisotopic (exact) mass is 299 g/mol. The molecule has 0 unspecified atom stereocenters. The Morgan fingerprint density at radius 3 is 2.55 bits per heavy atom. The van der Waals surface area contributed by atoms with Crippen LogP contribution >= 0.6 is 0 Å². The summed E-state index contributed by atoms with van der Waals surface area (Å²) in [5.74, 6) is 0. The molecule has 0 aliphatic carbocycles. The lowest BCUT2D eigenvalue weighted by Crippen LogP contribution is -2.28. The molecule has 0 atom stereocenters. The molecular formula is C14H25N3O2S. The number of sulfonamides is 1. The van der Waals surface area contributed by atoms with Gasteiger partial charge in [0.15, 0.2) is 5.03 Å². The summed E-state index contributed by atoms with van der Waals surface area (Å²) in [4.78, 5) is 4.09. The molecule has 114 valence electrons. The Bertz CT molecular complexity index is 498. The van der Waals surface area contributed by atoms with Gasteiger partial charge in [0.1, 0.15) is 0 Å². The van der Waals surface area contributed by atoms with Crippen LogP contribution in [-0.4, -0.2) is 37.3 Å². The number of hydrogen-bond donors (Lipinski definition) is 1. The van der Waals surface area contributed by atoms with E-state index in [0.29, 0.717) is 19.1 Å². The first-order valence-electron chi connectivity index (χ1n) is 7.02. The Labute approximate surface area is 122 Å². The van der Waals surface area contributed by atoms with Crippen LogP contribution in [0.5, 0.6) is 0 Å². The Morgan fingerprint density at radius 1 is 1.35 bits per heavy atom. The quantitative estimate of drug-likeness (QED) is 0.797. The molecule has 6 heteroatoms. The lowest BCUT2D eigenvalue weighted by Gasteiger charge is -2.16. The molecule has 0 aliphatic rings. The van der Waals surface area contributed by atoms with Gasteiger partial charge in [-0.1, -0.05) is 33.3 Å². The second kappa shape index (κ2) is 7.71. The van der Waals surface area contributed by atoms with E-state index in [0.717, 1.165) is 18.4 Å². The van der Waals surface area contributed by atoms with Gasteiger partial charge in [-0.2, -0.15) is 4.31 Å². The minimum absolute atomic E-state index is 0.115. The van der Waals surface area contributed by atoms with Crippen molar-refractivity contribution in [3.05, 3.63) is 23.9 Å². The average molecular weight is 299 g/mol. The smallest absolute Gasteiger partial charge is 0.260 e. The molecule has 0 aliphatic heterocycles. The SMILES string of the molecule is CCCCN(C)S(=O)(=O)c1ccc(CNC(C)C)cn1. The average Bonchev–Trinajstić information content (AvgIpc) is 2.42. The van der Waals surface area contributed by atoms with E-state index in [-0.39, 0.29) is 5.03 Å².